The lowest BCUT2D eigenvalue weighted by Gasteiger charge is -2.33. The van der Waals surface area contributed by atoms with Crippen molar-refractivity contribution in [3.8, 4) is 0 Å². The molecule has 2 aliphatic rings. The Balaban J connectivity index is 0.000000730. The monoisotopic (exact) mass is 419 g/mol. The van der Waals surface area contributed by atoms with Crippen LogP contribution in [0.15, 0.2) is 54.9 Å². The average molecular weight is 419 g/mol. The molecule has 1 saturated heterocycles. The van der Waals surface area contributed by atoms with Gasteiger partial charge < -0.3 is 15.3 Å². The number of carboxylic acid groups (broad SMARTS) is 1. The average Bonchev–Trinajstić information content (AvgIpc) is 3.46. The Labute approximate surface area is 178 Å². The van der Waals surface area contributed by atoms with Crippen molar-refractivity contribution in [2.45, 2.75) is 24.8 Å². The molecule has 5 rings (SSSR count). The highest BCUT2D eigenvalue weighted by Crippen LogP contribution is 2.54. The number of carbonyl (C=O) groups excluding carboxylic acids is 2. The number of anilines is 1. The van der Waals surface area contributed by atoms with E-state index in [4.69, 9.17) is 9.90 Å². The van der Waals surface area contributed by atoms with E-state index in [2.05, 4.69) is 20.5 Å². The Kier molecular flexibility index (Phi) is 5.24. The summed E-state index contributed by atoms with van der Waals surface area (Å²) >= 11 is 0. The highest BCUT2D eigenvalue weighted by Gasteiger charge is 2.59. The molecule has 1 aromatic carbocycles. The van der Waals surface area contributed by atoms with Gasteiger partial charge in [0.25, 0.3) is 12.4 Å². The summed E-state index contributed by atoms with van der Waals surface area (Å²) in [4.78, 5) is 40.9. The predicted octanol–water partition coefficient (Wildman–Crippen LogP) is 2.29. The Morgan fingerprint density at radius 2 is 2.06 bits per heavy atom. The molecule has 3 aromatic rings. The standard InChI is InChI=1S/C21H19N5O2.CH2O2/c1-13-11-17(25-24-13)19(27)26-10-8-21(18(26)14-5-4-9-22-12-14)15-6-2-3-7-16(15)23-20(21)28;2-1-3/h2-7,9,11-12,18H,8,10H2,1H3,(H,23,28)(H,24,25);1H,(H,2,3). The van der Waals surface area contributed by atoms with Crippen LogP contribution in [0.4, 0.5) is 5.69 Å². The van der Waals surface area contributed by atoms with Crippen LogP contribution in [-0.2, 0) is 15.0 Å². The minimum absolute atomic E-state index is 0.0731. The Morgan fingerprint density at radius 1 is 1.29 bits per heavy atom. The molecule has 1 spiro atoms. The van der Waals surface area contributed by atoms with Crippen molar-refractivity contribution >= 4 is 24.0 Å². The van der Waals surface area contributed by atoms with Crippen LogP contribution in [0.25, 0.3) is 0 Å². The number of carbonyl (C=O) groups is 3. The summed E-state index contributed by atoms with van der Waals surface area (Å²) in [7, 11) is 0. The topological polar surface area (TPSA) is 128 Å². The first-order chi connectivity index (χ1) is 15.0. The third-order valence-electron chi connectivity index (χ3n) is 5.77. The van der Waals surface area contributed by atoms with Gasteiger partial charge >= 0.3 is 0 Å². The SMILES string of the molecule is Cc1cc(C(=O)N2CCC3(C(=O)Nc4ccccc43)C2c2cccnc2)n[nH]1.O=CO. The molecule has 9 nitrogen and oxygen atoms in total. The van der Waals surface area contributed by atoms with E-state index in [1.54, 1.807) is 23.4 Å². The highest BCUT2D eigenvalue weighted by molar-refractivity contribution is 6.08. The summed E-state index contributed by atoms with van der Waals surface area (Å²) in [5.74, 6) is -0.261. The molecule has 0 radical (unpaired) electrons. The van der Waals surface area contributed by atoms with Gasteiger partial charge in [-0.05, 0) is 42.7 Å². The zero-order chi connectivity index (χ0) is 22.0. The Morgan fingerprint density at radius 3 is 2.74 bits per heavy atom. The largest absolute Gasteiger partial charge is 0.483 e. The van der Waals surface area contributed by atoms with Crippen LogP contribution in [0.1, 0.15) is 39.8 Å². The molecule has 4 heterocycles. The van der Waals surface area contributed by atoms with Gasteiger partial charge in [0.1, 0.15) is 11.1 Å². The maximum atomic E-state index is 13.3. The molecule has 2 unspecified atom stereocenters. The number of nitrogens with one attached hydrogen (secondary N) is 2. The van der Waals surface area contributed by atoms with Crippen LogP contribution >= 0.6 is 0 Å². The lowest BCUT2D eigenvalue weighted by Crippen LogP contribution is -2.42. The molecule has 2 aromatic heterocycles. The number of amides is 2. The molecule has 1 fully saturated rings. The number of H-pyrrole nitrogens is 1. The summed E-state index contributed by atoms with van der Waals surface area (Å²) in [5.41, 5.74) is 2.93. The first-order valence-corrected chi connectivity index (χ1v) is 9.74. The molecule has 0 aliphatic carbocycles. The minimum atomic E-state index is -0.833. The molecule has 2 atom stereocenters. The van der Waals surface area contributed by atoms with Gasteiger partial charge in [0, 0.05) is 30.3 Å². The van der Waals surface area contributed by atoms with E-state index in [-0.39, 0.29) is 18.3 Å². The maximum absolute atomic E-state index is 13.3. The van der Waals surface area contributed by atoms with Gasteiger partial charge in [0.2, 0.25) is 5.91 Å². The van der Waals surface area contributed by atoms with Crippen LogP contribution in [-0.4, -0.2) is 50.0 Å². The number of hydrogen-bond acceptors (Lipinski definition) is 5. The quantitative estimate of drug-likeness (QED) is 0.547. The van der Waals surface area contributed by atoms with Crippen LogP contribution < -0.4 is 5.32 Å². The van der Waals surface area contributed by atoms with Gasteiger partial charge in [-0.1, -0.05) is 24.3 Å². The van der Waals surface area contributed by atoms with E-state index >= 15 is 0 Å². The number of hydrogen-bond donors (Lipinski definition) is 3. The predicted molar refractivity (Wildman–Crippen MR) is 111 cm³/mol. The molecule has 2 aliphatic heterocycles. The highest BCUT2D eigenvalue weighted by atomic mass is 16.3. The summed E-state index contributed by atoms with van der Waals surface area (Å²) in [6.07, 6.45) is 3.98. The molecule has 158 valence electrons. The Hall–Kier alpha value is -4.01. The van der Waals surface area contributed by atoms with Crippen molar-refractivity contribution in [2.24, 2.45) is 0 Å². The molecule has 2 amide bonds. The number of pyridine rings is 1. The third kappa shape index (κ3) is 3.24. The van der Waals surface area contributed by atoms with Gasteiger partial charge in [0.05, 0.1) is 6.04 Å². The van der Waals surface area contributed by atoms with Crippen molar-refractivity contribution in [2.75, 3.05) is 11.9 Å². The van der Waals surface area contributed by atoms with Gasteiger partial charge in [-0.2, -0.15) is 5.10 Å². The molecule has 3 N–H and O–H groups in total. The molecular weight excluding hydrogens is 398 g/mol. The number of aromatic amines is 1. The number of benzene rings is 1. The molecule has 0 bridgehead atoms. The van der Waals surface area contributed by atoms with E-state index in [1.165, 1.54) is 0 Å². The molecule has 9 heteroatoms. The van der Waals surface area contributed by atoms with Crippen molar-refractivity contribution < 1.29 is 19.5 Å². The molecular formula is C22H21N5O4. The van der Waals surface area contributed by atoms with Crippen molar-refractivity contribution in [3.63, 3.8) is 0 Å². The van der Waals surface area contributed by atoms with Gasteiger partial charge in [-0.3, -0.25) is 24.5 Å². The van der Waals surface area contributed by atoms with E-state index < -0.39 is 11.5 Å². The van der Waals surface area contributed by atoms with Crippen molar-refractivity contribution in [1.29, 1.82) is 0 Å². The third-order valence-corrected chi connectivity index (χ3v) is 5.77. The van der Waals surface area contributed by atoms with Crippen LogP contribution in [0.5, 0.6) is 0 Å². The van der Waals surface area contributed by atoms with Crippen molar-refractivity contribution in [1.82, 2.24) is 20.1 Å². The number of aryl methyl sites for hydroxylation is 1. The normalized spacial score (nSPS) is 21.3. The lowest BCUT2D eigenvalue weighted by atomic mass is 9.73. The smallest absolute Gasteiger partial charge is 0.290 e. The number of fused-ring (bicyclic) bond motifs is 2. The van der Waals surface area contributed by atoms with E-state index in [0.29, 0.717) is 18.7 Å². The lowest BCUT2D eigenvalue weighted by molar-refractivity contribution is -0.123. The van der Waals surface area contributed by atoms with Gasteiger partial charge in [0.15, 0.2) is 0 Å². The number of nitrogens with zero attached hydrogens (tertiary/aromatic N) is 3. The van der Waals surface area contributed by atoms with E-state index in [0.717, 1.165) is 22.5 Å². The molecule has 0 saturated carbocycles. The molecule has 31 heavy (non-hydrogen) atoms. The first-order valence-electron chi connectivity index (χ1n) is 9.74. The number of rotatable bonds is 2. The fourth-order valence-electron chi connectivity index (χ4n) is 4.58. The van der Waals surface area contributed by atoms with Gasteiger partial charge in [-0.15, -0.1) is 0 Å². The minimum Gasteiger partial charge on any atom is -0.483 e. The number of likely N-dealkylation sites (tertiary alicyclic amines) is 1. The summed E-state index contributed by atoms with van der Waals surface area (Å²) < 4.78 is 0. The second-order valence-electron chi connectivity index (χ2n) is 7.45. The number of para-hydroxylation sites is 1. The van der Waals surface area contributed by atoms with Crippen LogP contribution in [0.3, 0.4) is 0 Å². The second kappa shape index (κ2) is 8.02. The van der Waals surface area contributed by atoms with E-state index in [1.807, 2.05) is 43.3 Å². The number of aromatic nitrogens is 3. The van der Waals surface area contributed by atoms with Gasteiger partial charge in [-0.25, -0.2) is 0 Å². The maximum Gasteiger partial charge on any atom is 0.290 e. The summed E-state index contributed by atoms with van der Waals surface area (Å²) in [6, 6.07) is 12.8. The van der Waals surface area contributed by atoms with Crippen LogP contribution in [0.2, 0.25) is 0 Å². The second-order valence-corrected chi connectivity index (χ2v) is 7.45. The Bertz CT molecular complexity index is 1130. The fourth-order valence-corrected chi connectivity index (χ4v) is 4.58. The van der Waals surface area contributed by atoms with Crippen molar-refractivity contribution in [3.05, 3.63) is 77.4 Å². The fraction of sp³-hybridized carbons (Fsp3) is 0.227. The van der Waals surface area contributed by atoms with E-state index in [9.17, 15) is 9.59 Å². The zero-order valence-corrected chi connectivity index (χ0v) is 16.8. The first kappa shape index (κ1) is 20.3. The zero-order valence-electron chi connectivity index (χ0n) is 16.8. The summed E-state index contributed by atoms with van der Waals surface area (Å²) in [5, 5.41) is 16.9. The van der Waals surface area contributed by atoms with Crippen LogP contribution in [0, 0.1) is 6.92 Å². The summed E-state index contributed by atoms with van der Waals surface area (Å²) in [6.45, 7) is 2.07.